The molecule has 0 saturated heterocycles. The van der Waals surface area contributed by atoms with Crippen molar-refractivity contribution < 1.29 is 9.53 Å². The van der Waals surface area contributed by atoms with Crippen LogP contribution >= 0.6 is 11.8 Å². The molecule has 0 bridgehead atoms. The Kier molecular flexibility index (Phi) is 4.06. The third kappa shape index (κ3) is 3.38. The normalized spacial score (nSPS) is 18.7. The van der Waals surface area contributed by atoms with E-state index in [0.717, 1.165) is 6.54 Å². The monoisotopic (exact) mass is 231 g/mol. The predicted octanol–water partition coefficient (Wildman–Crippen LogP) is 1.67. The molecule has 0 heterocycles. The summed E-state index contributed by atoms with van der Waals surface area (Å²) in [4.78, 5) is 11.4. The highest BCUT2D eigenvalue weighted by molar-refractivity contribution is 8.00. The Hall–Kier alpha value is -0.220. The van der Waals surface area contributed by atoms with E-state index in [0.29, 0.717) is 11.3 Å². The largest absolute Gasteiger partial charge is 0.469 e. The molecule has 1 N–H and O–H groups in total. The van der Waals surface area contributed by atoms with Gasteiger partial charge in [-0.15, -0.1) is 0 Å². The summed E-state index contributed by atoms with van der Waals surface area (Å²) in [6.07, 6.45) is 4.74. The molecule has 3 nitrogen and oxygen atoms in total. The van der Waals surface area contributed by atoms with Gasteiger partial charge in [-0.2, -0.15) is 11.8 Å². The molecule has 15 heavy (non-hydrogen) atoms. The minimum atomic E-state index is -0.427. The van der Waals surface area contributed by atoms with E-state index in [4.69, 9.17) is 4.74 Å². The Morgan fingerprint density at radius 1 is 1.53 bits per heavy atom. The van der Waals surface area contributed by atoms with E-state index in [1.54, 1.807) is 0 Å². The van der Waals surface area contributed by atoms with E-state index in [-0.39, 0.29) is 5.97 Å². The smallest absolute Gasteiger partial charge is 0.312 e. The van der Waals surface area contributed by atoms with Gasteiger partial charge in [0, 0.05) is 17.8 Å². The minimum Gasteiger partial charge on any atom is -0.469 e. The van der Waals surface area contributed by atoms with Crippen LogP contribution in [0.1, 0.15) is 26.7 Å². The van der Waals surface area contributed by atoms with Gasteiger partial charge in [0.05, 0.1) is 12.5 Å². The molecule has 1 saturated carbocycles. The number of ether oxygens (including phenoxy) is 1. The van der Waals surface area contributed by atoms with Gasteiger partial charge >= 0.3 is 5.97 Å². The van der Waals surface area contributed by atoms with Crippen LogP contribution in [0.15, 0.2) is 0 Å². The SMILES string of the molecule is COC(=O)C(C)(C)CNCC1(SC)CC1. The van der Waals surface area contributed by atoms with Crippen LogP contribution in [0.25, 0.3) is 0 Å². The summed E-state index contributed by atoms with van der Waals surface area (Å²) in [7, 11) is 1.44. The van der Waals surface area contributed by atoms with E-state index in [1.807, 2.05) is 25.6 Å². The Morgan fingerprint density at radius 3 is 2.53 bits per heavy atom. The molecule has 1 aliphatic rings. The number of hydrogen-bond donors (Lipinski definition) is 1. The average molecular weight is 231 g/mol. The van der Waals surface area contributed by atoms with Crippen molar-refractivity contribution in [1.82, 2.24) is 5.32 Å². The number of hydrogen-bond acceptors (Lipinski definition) is 4. The Labute approximate surface area is 96.3 Å². The van der Waals surface area contributed by atoms with Crippen molar-refractivity contribution in [3.05, 3.63) is 0 Å². The zero-order valence-corrected chi connectivity index (χ0v) is 10.9. The zero-order chi connectivity index (χ0) is 11.5. The van der Waals surface area contributed by atoms with Gasteiger partial charge in [0.2, 0.25) is 0 Å². The first-order chi connectivity index (χ1) is 6.96. The topological polar surface area (TPSA) is 38.3 Å². The quantitative estimate of drug-likeness (QED) is 0.706. The van der Waals surface area contributed by atoms with Crippen molar-refractivity contribution in [1.29, 1.82) is 0 Å². The molecule has 88 valence electrons. The molecule has 0 aromatic heterocycles. The average Bonchev–Trinajstić information content (AvgIpc) is 2.97. The number of carbonyl (C=O) groups excluding carboxylic acids is 1. The summed E-state index contributed by atoms with van der Waals surface area (Å²) in [6, 6.07) is 0. The lowest BCUT2D eigenvalue weighted by Crippen LogP contribution is -2.39. The van der Waals surface area contributed by atoms with Crippen molar-refractivity contribution in [2.45, 2.75) is 31.4 Å². The summed E-state index contributed by atoms with van der Waals surface area (Å²) in [6.45, 7) is 5.49. The van der Waals surface area contributed by atoms with Crippen LogP contribution in [0.5, 0.6) is 0 Å². The molecule has 0 aliphatic heterocycles. The highest BCUT2D eigenvalue weighted by Crippen LogP contribution is 2.46. The van der Waals surface area contributed by atoms with Crippen LogP contribution in [-0.4, -0.2) is 37.2 Å². The molecule has 0 unspecified atom stereocenters. The van der Waals surface area contributed by atoms with Gasteiger partial charge in [-0.25, -0.2) is 0 Å². The number of nitrogens with one attached hydrogen (secondary N) is 1. The molecule has 1 fully saturated rings. The molecule has 0 aromatic rings. The Balaban J connectivity index is 2.27. The highest BCUT2D eigenvalue weighted by Gasteiger charge is 2.41. The van der Waals surface area contributed by atoms with E-state index in [1.165, 1.54) is 20.0 Å². The molecule has 4 heteroatoms. The molecule has 1 rings (SSSR count). The second-order valence-electron chi connectivity index (χ2n) is 4.87. The third-order valence-electron chi connectivity index (χ3n) is 2.99. The fourth-order valence-electron chi connectivity index (χ4n) is 1.54. The van der Waals surface area contributed by atoms with Gasteiger partial charge in [-0.3, -0.25) is 4.79 Å². The summed E-state index contributed by atoms with van der Waals surface area (Å²) >= 11 is 1.92. The van der Waals surface area contributed by atoms with E-state index in [9.17, 15) is 4.79 Å². The molecule has 0 atom stereocenters. The second-order valence-corrected chi connectivity index (χ2v) is 6.14. The van der Waals surface area contributed by atoms with Gasteiger partial charge in [0.1, 0.15) is 0 Å². The first kappa shape index (κ1) is 12.8. The van der Waals surface area contributed by atoms with E-state index < -0.39 is 5.41 Å². The van der Waals surface area contributed by atoms with Crippen LogP contribution in [0.2, 0.25) is 0 Å². The van der Waals surface area contributed by atoms with Crippen LogP contribution in [0.3, 0.4) is 0 Å². The maximum Gasteiger partial charge on any atom is 0.312 e. The van der Waals surface area contributed by atoms with Crippen molar-refractivity contribution in [3.63, 3.8) is 0 Å². The predicted molar refractivity (Wildman–Crippen MR) is 64.1 cm³/mol. The van der Waals surface area contributed by atoms with Gasteiger partial charge in [-0.1, -0.05) is 0 Å². The third-order valence-corrected chi connectivity index (χ3v) is 4.41. The summed E-state index contributed by atoms with van der Waals surface area (Å²) in [5.74, 6) is -0.149. The lowest BCUT2D eigenvalue weighted by molar-refractivity contribution is -0.150. The van der Waals surface area contributed by atoms with E-state index in [2.05, 4.69) is 11.6 Å². The molecular formula is C11H21NO2S. The van der Waals surface area contributed by atoms with Crippen LogP contribution in [-0.2, 0) is 9.53 Å². The number of rotatable bonds is 6. The van der Waals surface area contributed by atoms with Crippen molar-refractivity contribution in [3.8, 4) is 0 Å². The van der Waals surface area contributed by atoms with Gasteiger partial charge in [0.15, 0.2) is 0 Å². The number of thioether (sulfide) groups is 1. The number of esters is 1. The summed E-state index contributed by atoms with van der Waals surface area (Å²) < 4.78 is 5.21. The standard InChI is InChI=1S/C11H21NO2S/c1-10(2,9(13)14-3)7-12-8-11(15-4)5-6-11/h12H,5-8H2,1-4H3. The van der Waals surface area contributed by atoms with Crippen molar-refractivity contribution in [2.24, 2.45) is 5.41 Å². The first-order valence-corrected chi connectivity index (χ1v) is 6.52. The van der Waals surface area contributed by atoms with E-state index >= 15 is 0 Å². The van der Waals surface area contributed by atoms with Gasteiger partial charge in [0.25, 0.3) is 0 Å². The fraction of sp³-hybridized carbons (Fsp3) is 0.909. The maximum atomic E-state index is 11.4. The zero-order valence-electron chi connectivity index (χ0n) is 10.1. The molecule has 0 aromatic carbocycles. The molecule has 0 radical (unpaired) electrons. The first-order valence-electron chi connectivity index (χ1n) is 5.30. The minimum absolute atomic E-state index is 0.149. The number of methoxy groups -OCH3 is 1. The van der Waals surface area contributed by atoms with Crippen molar-refractivity contribution in [2.75, 3.05) is 26.5 Å². The second kappa shape index (κ2) is 4.74. The van der Waals surface area contributed by atoms with Crippen molar-refractivity contribution >= 4 is 17.7 Å². The summed E-state index contributed by atoms with van der Waals surface area (Å²) in [5.41, 5.74) is -0.427. The molecule has 0 spiro atoms. The van der Waals surface area contributed by atoms with Gasteiger partial charge < -0.3 is 10.1 Å². The lowest BCUT2D eigenvalue weighted by atomic mass is 9.94. The van der Waals surface area contributed by atoms with Gasteiger partial charge in [-0.05, 0) is 32.9 Å². The van der Waals surface area contributed by atoms with Crippen LogP contribution < -0.4 is 5.32 Å². The molecule has 1 aliphatic carbocycles. The Morgan fingerprint density at radius 2 is 2.13 bits per heavy atom. The summed E-state index contributed by atoms with van der Waals surface area (Å²) in [5, 5.41) is 3.37. The highest BCUT2D eigenvalue weighted by atomic mass is 32.2. The lowest BCUT2D eigenvalue weighted by Gasteiger charge is -2.23. The molecular weight excluding hydrogens is 210 g/mol. The Bertz CT molecular complexity index is 237. The van der Waals surface area contributed by atoms with Crippen LogP contribution in [0.4, 0.5) is 0 Å². The van der Waals surface area contributed by atoms with Crippen LogP contribution in [0, 0.1) is 5.41 Å². The maximum absolute atomic E-state index is 11.4. The number of carbonyl (C=O) groups is 1. The molecule has 0 amide bonds. The fourth-order valence-corrected chi connectivity index (χ4v) is 2.30.